The molecule has 0 spiro atoms. The van der Waals surface area contributed by atoms with Gasteiger partial charge in [0.25, 0.3) is 0 Å². The number of aryl methyl sites for hydroxylation is 1. The Morgan fingerprint density at radius 2 is 1.85 bits per heavy atom. The molecule has 1 N–H and O–H groups in total. The second-order valence-electron chi connectivity index (χ2n) is 6.69. The average Bonchev–Trinajstić information content (AvgIpc) is 3.08. The molecule has 11 heteroatoms. The fourth-order valence-electron chi connectivity index (χ4n) is 2.94. The monoisotopic (exact) mass is 491 g/mol. The Morgan fingerprint density at radius 3 is 2.45 bits per heavy atom. The van der Waals surface area contributed by atoms with Crippen LogP contribution >= 0.6 is 23.1 Å². The maximum atomic E-state index is 12.7. The molecule has 33 heavy (non-hydrogen) atoms. The van der Waals surface area contributed by atoms with E-state index in [0.717, 1.165) is 23.1 Å². The van der Waals surface area contributed by atoms with Crippen molar-refractivity contribution < 1.29 is 28.6 Å². The van der Waals surface area contributed by atoms with Gasteiger partial charge in [-0.25, -0.2) is 14.6 Å². The molecule has 1 amide bonds. The molecule has 0 aliphatic rings. The van der Waals surface area contributed by atoms with E-state index in [9.17, 15) is 19.6 Å². The van der Waals surface area contributed by atoms with Crippen molar-refractivity contribution in [1.29, 1.82) is 5.26 Å². The Morgan fingerprint density at radius 1 is 1.18 bits per heavy atom. The summed E-state index contributed by atoms with van der Waals surface area (Å²) < 4.78 is 15.3. The van der Waals surface area contributed by atoms with Crippen molar-refractivity contribution in [2.75, 3.05) is 31.4 Å². The highest BCUT2D eigenvalue weighted by molar-refractivity contribution is 8.00. The van der Waals surface area contributed by atoms with Crippen LogP contribution in [0, 0.1) is 25.2 Å². The van der Waals surface area contributed by atoms with Gasteiger partial charge in [0.05, 0.1) is 36.7 Å². The summed E-state index contributed by atoms with van der Waals surface area (Å²) in [4.78, 5) is 42.0. The first-order chi connectivity index (χ1) is 15.8. The molecule has 2 heterocycles. The fourth-order valence-corrected chi connectivity index (χ4v) is 4.92. The van der Waals surface area contributed by atoms with Crippen LogP contribution in [0.3, 0.4) is 0 Å². The molecule has 0 aliphatic heterocycles. The van der Waals surface area contributed by atoms with Gasteiger partial charge in [-0.05, 0) is 44.9 Å². The maximum absolute atomic E-state index is 12.7. The number of thiophene rings is 1. The zero-order chi connectivity index (χ0) is 24.5. The number of carbonyl (C=O) groups is 3. The van der Waals surface area contributed by atoms with Gasteiger partial charge >= 0.3 is 11.9 Å². The van der Waals surface area contributed by atoms with Gasteiger partial charge < -0.3 is 19.5 Å². The van der Waals surface area contributed by atoms with E-state index in [1.54, 1.807) is 33.8 Å². The first-order valence-corrected chi connectivity index (χ1v) is 11.9. The van der Waals surface area contributed by atoms with E-state index in [1.807, 2.05) is 0 Å². The number of amides is 1. The van der Waals surface area contributed by atoms with Crippen LogP contribution in [0.15, 0.2) is 11.1 Å². The van der Waals surface area contributed by atoms with Crippen LogP contribution in [0.2, 0.25) is 0 Å². The zero-order valence-electron chi connectivity index (χ0n) is 19.1. The lowest BCUT2D eigenvalue weighted by Gasteiger charge is -2.10. The molecule has 0 saturated heterocycles. The number of hydrogen-bond acceptors (Lipinski definition) is 10. The van der Waals surface area contributed by atoms with Crippen molar-refractivity contribution in [3.8, 4) is 6.07 Å². The number of esters is 2. The number of aromatic nitrogens is 1. The first-order valence-electron chi connectivity index (χ1n) is 10.1. The van der Waals surface area contributed by atoms with E-state index in [1.165, 1.54) is 7.11 Å². The molecule has 0 unspecified atom stereocenters. The van der Waals surface area contributed by atoms with E-state index in [4.69, 9.17) is 14.2 Å². The molecule has 9 nitrogen and oxygen atoms in total. The van der Waals surface area contributed by atoms with Gasteiger partial charge in [-0.15, -0.1) is 11.3 Å². The molecule has 0 atom stereocenters. The number of nitriles is 1. The third-order valence-electron chi connectivity index (χ3n) is 4.29. The van der Waals surface area contributed by atoms with Crippen LogP contribution in [0.4, 0.5) is 5.00 Å². The number of methoxy groups -OCH3 is 1. The number of carbonyl (C=O) groups excluding carboxylic acids is 3. The van der Waals surface area contributed by atoms with Crippen LogP contribution in [0.5, 0.6) is 0 Å². The van der Waals surface area contributed by atoms with Gasteiger partial charge in [0, 0.05) is 12.8 Å². The van der Waals surface area contributed by atoms with Gasteiger partial charge in [-0.1, -0.05) is 11.8 Å². The molecule has 2 aromatic rings. The number of nitrogens with one attached hydrogen (secondary N) is 1. The van der Waals surface area contributed by atoms with Gasteiger partial charge in [0.1, 0.15) is 21.0 Å². The molecule has 0 fully saturated rings. The van der Waals surface area contributed by atoms with Gasteiger partial charge in [0.2, 0.25) is 5.91 Å². The molecule has 0 aliphatic carbocycles. The highest BCUT2D eigenvalue weighted by Gasteiger charge is 2.27. The topological polar surface area (TPSA) is 128 Å². The number of nitrogens with zero attached hydrogens (tertiary/aromatic N) is 2. The quantitative estimate of drug-likeness (QED) is 0.389. The molecular weight excluding hydrogens is 466 g/mol. The standard InChI is InChI=1S/C22H25N3O6S2/c1-6-30-21(27)17-13(4)18(22(28)31-7-2)33-20(17)25-16(26)11-32-19-15(9-23)14(10-29-5)8-12(3)24-19/h8H,6-7,10-11H2,1-5H3,(H,25,26). The summed E-state index contributed by atoms with van der Waals surface area (Å²) in [7, 11) is 1.53. The predicted molar refractivity (Wildman–Crippen MR) is 125 cm³/mol. The summed E-state index contributed by atoms with van der Waals surface area (Å²) in [5.74, 6) is -1.71. The summed E-state index contributed by atoms with van der Waals surface area (Å²) in [5, 5.41) is 12.8. The van der Waals surface area contributed by atoms with E-state index in [-0.39, 0.29) is 41.0 Å². The van der Waals surface area contributed by atoms with Crippen molar-refractivity contribution in [2.45, 2.75) is 39.3 Å². The van der Waals surface area contributed by atoms with E-state index in [2.05, 4.69) is 16.4 Å². The summed E-state index contributed by atoms with van der Waals surface area (Å²) in [6.07, 6.45) is 0. The highest BCUT2D eigenvalue weighted by atomic mass is 32.2. The number of rotatable bonds is 10. The van der Waals surface area contributed by atoms with Crippen molar-refractivity contribution in [2.24, 2.45) is 0 Å². The summed E-state index contributed by atoms with van der Waals surface area (Å²) in [6.45, 7) is 7.32. The Balaban J connectivity index is 2.27. The first kappa shape index (κ1) is 26.3. The number of ether oxygens (including phenoxy) is 3. The Kier molecular flexibility index (Phi) is 9.84. The minimum atomic E-state index is -0.638. The number of hydrogen-bond donors (Lipinski definition) is 1. The smallest absolute Gasteiger partial charge is 0.348 e. The molecule has 0 aromatic carbocycles. The Bertz CT molecular complexity index is 1090. The van der Waals surface area contributed by atoms with Crippen LogP contribution in [-0.2, 0) is 25.6 Å². The Hall–Kier alpha value is -2.94. The van der Waals surface area contributed by atoms with Crippen LogP contribution in [0.25, 0.3) is 0 Å². The van der Waals surface area contributed by atoms with Crippen LogP contribution in [-0.4, -0.2) is 48.9 Å². The van der Waals surface area contributed by atoms with Gasteiger partial charge in [-0.2, -0.15) is 5.26 Å². The van der Waals surface area contributed by atoms with Gasteiger partial charge in [0.15, 0.2) is 0 Å². The Labute approximate surface area is 200 Å². The zero-order valence-corrected chi connectivity index (χ0v) is 20.7. The van der Waals surface area contributed by atoms with E-state index < -0.39 is 17.8 Å². The summed E-state index contributed by atoms with van der Waals surface area (Å²) in [5.41, 5.74) is 2.24. The third-order valence-corrected chi connectivity index (χ3v) is 6.45. The van der Waals surface area contributed by atoms with Gasteiger partial charge in [-0.3, -0.25) is 4.79 Å². The SMILES string of the molecule is CCOC(=O)c1sc(NC(=O)CSc2nc(C)cc(COC)c2C#N)c(C(=O)OCC)c1C. The lowest BCUT2D eigenvalue weighted by atomic mass is 10.1. The fraction of sp³-hybridized carbons (Fsp3) is 0.409. The van der Waals surface area contributed by atoms with E-state index >= 15 is 0 Å². The highest BCUT2D eigenvalue weighted by Crippen LogP contribution is 2.35. The molecular formula is C22H25N3O6S2. The maximum Gasteiger partial charge on any atom is 0.348 e. The molecule has 2 aromatic heterocycles. The summed E-state index contributed by atoms with van der Waals surface area (Å²) >= 11 is 2.06. The number of thioether (sulfide) groups is 1. The minimum Gasteiger partial charge on any atom is -0.462 e. The second kappa shape index (κ2) is 12.3. The molecule has 0 saturated carbocycles. The normalized spacial score (nSPS) is 10.4. The van der Waals surface area contributed by atoms with Crippen LogP contribution < -0.4 is 5.32 Å². The lowest BCUT2D eigenvalue weighted by Crippen LogP contribution is -2.16. The number of anilines is 1. The molecule has 2 rings (SSSR count). The molecule has 0 bridgehead atoms. The van der Waals surface area contributed by atoms with E-state index in [0.29, 0.717) is 27.4 Å². The third kappa shape index (κ3) is 6.54. The number of pyridine rings is 1. The average molecular weight is 492 g/mol. The molecule has 0 radical (unpaired) electrons. The molecule has 176 valence electrons. The van der Waals surface area contributed by atoms with Crippen molar-refractivity contribution in [3.05, 3.63) is 38.9 Å². The van der Waals surface area contributed by atoms with Crippen molar-refractivity contribution in [1.82, 2.24) is 4.98 Å². The van der Waals surface area contributed by atoms with Crippen LogP contribution in [0.1, 0.15) is 56.3 Å². The minimum absolute atomic E-state index is 0.0640. The summed E-state index contributed by atoms with van der Waals surface area (Å²) in [6, 6.07) is 3.88. The second-order valence-corrected chi connectivity index (χ2v) is 8.67. The predicted octanol–water partition coefficient (Wildman–Crippen LogP) is 3.86. The van der Waals surface area contributed by atoms with Crippen molar-refractivity contribution >= 4 is 45.9 Å². The largest absolute Gasteiger partial charge is 0.462 e. The van der Waals surface area contributed by atoms with Crippen molar-refractivity contribution in [3.63, 3.8) is 0 Å². The lowest BCUT2D eigenvalue weighted by molar-refractivity contribution is -0.113.